The average molecular weight is 345 g/mol. The molecule has 26 heavy (non-hydrogen) atoms. The number of rotatable bonds is 3. The molecule has 1 N–H and O–H groups in total. The van der Waals surface area contributed by atoms with Crippen LogP contribution in [-0.2, 0) is 6.42 Å². The molecule has 0 amide bonds. The molecule has 2 aliphatic rings. The summed E-state index contributed by atoms with van der Waals surface area (Å²) >= 11 is 0. The van der Waals surface area contributed by atoms with Crippen molar-refractivity contribution in [1.82, 2.24) is 20.2 Å². The maximum Gasteiger partial charge on any atom is 0.196 e. The van der Waals surface area contributed by atoms with Crippen molar-refractivity contribution >= 4 is 11.6 Å². The average Bonchev–Trinajstić information content (AvgIpc) is 3.30. The number of benzene rings is 1. The lowest BCUT2D eigenvalue weighted by Crippen LogP contribution is -2.35. The summed E-state index contributed by atoms with van der Waals surface area (Å²) in [6, 6.07) is 9.54. The van der Waals surface area contributed by atoms with Crippen LogP contribution in [0.3, 0.4) is 0 Å². The highest BCUT2D eigenvalue weighted by Gasteiger charge is 2.30. The van der Waals surface area contributed by atoms with Crippen molar-refractivity contribution in [2.75, 3.05) is 18.0 Å². The van der Waals surface area contributed by atoms with E-state index in [0.717, 1.165) is 49.3 Å². The third kappa shape index (κ3) is 2.49. The maximum absolute atomic E-state index is 12.7. The largest absolute Gasteiger partial charge is 0.355 e. The minimum absolute atomic E-state index is 0.0564. The van der Waals surface area contributed by atoms with Gasteiger partial charge < -0.3 is 9.88 Å². The number of ketones is 1. The second-order valence-electron chi connectivity index (χ2n) is 7.05. The Kier molecular flexibility index (Phi) is 3.55. The Morgan fingerprint density at radius 3 is 2.65 bits per heavy atom. The van der Waals surface area contributed by atoms with Crippen LogP contribution in [0.1, 0.15) is 34.5 Å². The number of fused-ring (bicyclic) bond motifs is 3. The van der Waals surface area contributed by atoms with Crippen molar-refractivity contribution in [2.24, 2.45) is 5.92 Å². The zero-order chi connectivity index (χ0) is 17.5. The molecule has 6 heteroatoms. The van der Waals surface area contributed by atoms with Crippen LogP contribution in [0.15, 0.2) is 42.9 Å². The molecule has 0 unspecified atom stereocenters. The fourth-order valence-corrected chi connectivity index (χ4v) is 4.01. The summed E-state index contributed by atoms with van der Waals surface area (Å²) in [4.78, 5) is 22.2. The van der Waals surface area contributed by atoms with E-state index >= 15 is 0 Å². The minimum Gasteiger partial charge on any atom is -0.355 e. The zero-order valence-electron chi connectivity index (χ0n) is 14.4. The van der Waals surface area contributed by atoms with Crippen molar-refractivity contribution in [3.05, 3.63) is 59.7 Å². The van der Waals surface area contributed by atoms with Crippen LogP contribution in [-0.4, -0.2) is 39.0 Å². The van der Waals surface area contributed by atoms with Crippen LogP contribution in [0, 0.1) is 5.92 Å². The number of nitrogens with zero attached hydrogens (tertiary/aromatic N) is 4. The normalized spacial score (nSPS) is 16.6. The second-order valence-corrected chi connectivity index (χ2v) is 7.05. The number of carbonyl (C=O) groups is 1. The van der Waals surface area contributed by atoms with E-state index in [1.165, 1.54) is 5.69 Å². The Morgan fingerprint density at radius 2 is 1.88 bits per heavy atom. The van der Waals surface area contributed by atoms with Crippen LogP contribution >= 0.6 is 0 Å². The minimum atomic E-state index is 0.0564. The first-order valence-electron chi connectivity index (χ1n) is 9.03. The predicted molar refractivity (Wildman–Crippen MR) is 98.1 cm³/mol. The van der Waals surface area contributed by atoms with Gasteiger partial charge >= 0.3 is 0 Å². The number of aromatic amines is 1. The van der Waals surface area contributed by atoms with E-state index in [1.54, 1.807) is 6.33 Å². The molecule has 0 atom stereocenters. The number of H-pyrrole nitrogens is 1. The van der Waals surface area contributed by atoms with Crippen LogP contribution in [0.25, 0.3) is 11.3 Å². The Hall–Kier alpha value is -3.02. The predicted octanol–water partition coefficient (Wildman–Crippen LogP) is 2.87. The summed E-state index contributed by atoms with van der Waals surface area (Å²) in [5.41, 5.74) is 4.21. The lowest BCUT2D eigenvalue weighted by atomic mass is 9.92. The fraction of sp³-hybridized carbons (Fsp3) is 0.300. The first-order valence-corrected chi connectivity index (χ1v) is 9.03. The van der Waals surface area contributed by atoms with Crippen LogP contribution in [0.4, 0.5) is 5.82 Å². The zero-order valence-corrected chi connectivity index (χ0v) is 14.4. The van der Waals surface area contributed by atoms with Crippen LogP contribution < -0.4 is 4.90 Å². The summed E-state index contributed by atoms with van der Waals surface area (Å²) in [7, 11) is 0. The Balaban J connectivity index is 1.33. The van der Waals surface area contributed by atoms with E-state index in [9.17, 15) is 4.79 Å². The van der Waals surface area contributed by atoms with E-state index < -0.39 is 0 Å². The number of piperidine rings is 1. The molecule has 6 nitrogen and oxygen atoms in total. The SMILES string of the molecule is O=C1c2ccccc2-c2nnc(N3CCC(Cc4cnc[nH]4)CC3)cc21. The van der Waals surface area contributed by atoms with Gasteiger partial charge in [-0.3, -0.25) is 4.79 Å². The maximum atomic E-state index is 12.7. The van der Waals surface area contributed by atoms with Crippen molar-refractivity contribution in [1.29, 1.82) is 0 Å². The Morgan fingerprint density at radius 1 is 1.08 bits per heavy atom. The first kappa shape index (κ1) is 15.3. The van der Waals surface area contributed by atoms with E-state index in [0.29, 0.717) is 17.2 Å². The second kappa shape index (κ2) is 6.05. The molecule has 1 saturated heterocycles. The number of carbonyl (C=O) groups excluding carboxylic acids is 1. The molecule has 3 heterocycles. The quantitative estimate of drug-likeness (QED) is 0.618. The highest BCUT2D eigenvalue weighted by molar-refractivity contribution is 6.21. The molecule has 1 aromatic carbocycles. The summed E-state index contributed by atoms with van der Waals surface area (Å²) in [5, 5.41) is 8.80. The van der Waals surface area contributed by atoms with Gasteiger partial charge in [-0.25, -0.2) is 4.98 Å². The number of hydrogen-bond acceptors (Lipinski definition) is 5. The molecule has 1 aliphatic carbocycles. The lowest BCUT2D eigenvalue weighted by Gasteiger charge is -2.32. The van der Waals surface area contributed by atoms with Crippen LogP contribution in [0.5, 0.6) is 0 Å². The number of nitrogens with one attached hydrogen (secondary N) is 1. The third-order valence-electron chi connectivity index (χ3n) is 5.45. The molecule has 0 spiro atoms. The summed E-state index contributed by atoms with van der Waals surface area (Å²) in [5.74, 6) is 1.52. The Labute approximate surface area is 151 Å². The number of anilines is 1. The molecule has 0 radical (unpaired) electrons. The lowest BCUT2D eigenvalue weighted by molar-refractivity contribution is 0.104. The highest BCUT2D eigenvalue weighted by Crippen LogP contribution is 2.36. The molecule has 2 aromatic heterocycles. The molecule has 0 saturated carbocycles. The van der Waals surface area contributed by atoms with E-state index in [2.05, 4.69) is 25.1 Å². The molecular formula is C20H19N5O. The summed E-state index contributed by atoms with van der Waals surface area (Å²) < 4.78 is 0. The van der Waals surface area contributed by atoms with Crippen molar-refractivity contribution in [3.63, 3.8) is 0 Å². The van der Waals surface area contributed by atoms with Gasteiger partial charge in [0.05, 0.1) is 11.9 Å². The van der Waals surface area contributed by atoms with E-state index in [1.807, 2.05) is 36.5 Å². The molecule has 1 aliphatic heterocycles. The molecule has 130 valence electrons. The van der Waals surface area contributed by atoms with Gasteiger partial charge in [0, 0.05) is 36.1 Å². The number of aromatic nitrogens is 4. The third-order valence-corrected chi connectivity index (χ3v) is 5.45. The molecule has 1 fully saturated rings. The smallest absolute Gasteiger partial charge is 0.196 e. The summed E-state index contributed by atoms with van der Waals surface area (Å²) in [6.07, 6.45) is 6.89. The standard InChI is InChI=1S/C20H19N5O/c26-20-16-4-2-1-3-15(16)19-17(20)10-18(23-24-19)25-7-5-13(6-8-25)9-14-11-21-12-22-14/h1-4,10-13H,5-9H2,(H,21,22). The van der Waals surface area contributed by atoms with Crippen molar-refractivity contribution in [2.45, 2.75) is 19.3 Å². The number of hydrogen-bond donors (Lipinski definition) is 1. The highest BCUT2D eigenvalue weighted by atomic mass is 16.1. The topological polar surface area (TPSA) is 74.8 Å². The molecule has 3 aromatic rings. The fourth-order valence-electron chi connectivity index (χ4n) is 4.01. The van der Waals surface area contributed by atoms with E-state index in [-0.39, 0.29) is 5.78 Å². The summed E-state index contributed by atoms with van der Waals surface area (Å²) in [6.45, 7) is 1.88. The Bertz CT molecular complexity index is 958. The first-order chi connectivity index (χ1) is 12.8. The van der Waals surface area contributed by atoms with Crippen LogP contribution in [0.2, 0.25) is 0 Å². The molecule has 0 bridgehead atoms. The number of imidazole rings is 1. The van der Waals surface area contributed by atoms with Crippen molar-refractivity contribution < 1.29 is 4.79 Å². The van der Waals surface area contributed by atoms with Gasteiger partial charge in [0.1, 0.15) is 5.69 Å². The van der Waals surface area contributed by atoms with Gasteiger partial charge in [-0.05, 0) is 31.2 Å². The molecule has 5 rings (SSSR count). The van der Waals surface area contributed by atoms with Gasteiger partial charge in [-0.15, -0.1) is 10.2 Å². The van der Waals surface area contributed by atoms with Gasteiger partial charge in [0.25, 0.3) is 0 Å². The van der Waals surface area contributed by atoms with Gasteiger partial charge in [-0.1, -0.05) is 24.3 Å². The van der Waals surface area contributed by atoms with Gasteiger partial charge in [-0.2, -0.15) is 0 Å². The van der Waals surface area contributed by atoms with Gasteiger partial charge in [0.2, 0.25) is 0 Å². The monoisotopic (exact) mass is 345 g/mol. The van der Waals surface area contributed by atoms with E-state index in [4.69, 9.17) is 0 Å². The molecular weight excluding hydrogens is 326 g/mol. The van der Waals surface area contributed by atoms with Crippen molar-refractivity contribution in [3.8, 4) is 11.3 Å². The van der Waals surface area contributed by atoms with Gasteiger partial charge in [0.15, 0.2) is 11.6 Å².